The van der Waals surface area contributed by atoms with Crippen molar-refractivity contribution < 1.29 is 9.66 Å². The number of rotatable bonds is 5. The summed E-state index contributed by atoms with van der Waals surface area (Å²) in [5, 5.41) is 14.7. The first-order chi connectivity index (χ1) is 13.1. The van der Waals surface area contributed by atoms with Gasteiger partial charge in [0.25, 0.3) is 5.69 Å². The number of thiocarbonyl (C=S) groups is 1. The van der Waals surface area contributed by atoms with E-state index in [0.717, 1.165) is 43.3 Å². The molecule has 8 heteroatoms. The van der Waals surface area contributed by atoms with Crippen LogP contribution in [0.5, 0.6) is 5.75 Å². The van der Waals surface area contributed by atoms with Crippen molar-refractivity contribution in [3.8, 4) is 5.75 Å². The van der Waals surface area contributed by atoms with Crippen LogP contribution in [-0.2, 0) is 0 Å². The van der Waals surface area contributed by atoms with Crippen molar-refractivity contribution in [2.75, 3.05) is 43.0 Å². The first-order valence-corrected chi connectivity index (χ1v) is 9.26. The number of nitrogens with zero attached hydrogens (tertiary/aromatic N) is 3. The summed E-state index contributed by atoms with van der Waals surface area (Å²) in [7, 11) is 0. The van der Waals surface area contributed by atoms with Crippen molar-refractivity contribution >= 4 is 34.4 Å². The zero-order valence-electron chi connectivity index (χ0n) is 15.1. The van der Waals surface area contributed by atoms with E-state index in [1.807, 2.05) is 31.2 Å². The van der Waals surface area contributed by atoms with E-state index in [2.05, 4.69) is 15.1 Å². The Morgan fingerprint density at radius 3 is 2.30 bits per heavy atom. The van der Waals surface area contributed by atoms with Crippen LogP contribution in [0.1, 0.15) is 6.92 Å². The third-order valence-corrected chi connectivity index (χ3v) is 4.77. The van der Waals surface area contributed by atoms with Crippen LogP contribution in [0.3, 0.4) is 0 Å². The molecule has 27 heavy (non-hydrogen) atoms. The fourth-order valence-corrected chi connectivity index (χ4v) is 3.26. The Kier molecular flexibility index (Phi) is 6.08. The van der Waals surface area contributed by atoms with Crippen LogP contribution >= 0.6 is 12.2 Å². The maximum Gasteiger partial charge on any atom is 0.269 e. The Morgan fingerprint density at radius 2 is 1.74 bits per heavy atom. The monoisotopic (exact) mass is 386 g/mol. The second kappa shape index (κ2) is 8.68. The van der Waals surface area contributed by atoms with Gasteiger partial charge in [0.2, 0.25) is 0 Å². The topological polar surface area (TPSA) is 70.9 Å². The fraction of sp³-hybridized carbons (Fsp3) is 0.316. The number of benzene rings is 2. The first-order valence-electron chi connectivity index (χ1n) is 8.85. The smallest absolute Gasteiger partial charge is 0.269 e. The van der Waals surface area contributed by atoms with Gasteiger partial charge in [-0.05, 0) is 55.5 Å². The van der Waals surface area contributed by atoms with Crippen molar-refractivity contribution in [1.82, 2.24) is 4.90 Å². The number of ether oxygens (including phenoxy) is 1. The standard InChI is InChI=1S/C19H22N4O3S/c1-2-26-18-9-3-15(4-10-18)20-19(27)22-13-11-21(12-14-22)16-5-7-17(8-6-16)23(24)25/h3-10H,2,11-14H2,1H3,(H,20,27). The zero-order chi connectivity index (χ0) is 19.2. The van der Waals surface area contributed by atoms with E-state index < -0.39 is 0 Å². The molecule has 1 N–H and O–H groups in total. The van der Waals surface area contributed by atoms with Gasteiger partial charge in [-0.3, -0.25) is 10.1 Å². The molecule has 1 aliphatic heterocycles. The third kappa shape index (κ3) is 4.85. The lowest BCUT2D eigenvalue weighted by molar-refractivity contribution is -0.384. The van der Waals surface area contributed by atoms with Crippen LogP contribution in [-0.4, -0.2) is 47.7 Å². The van der Waals surface area contributed by atoms with Crippen LogP contribution < -0.4 is 15.0 Å². The molecule has 0 atom stereocenters. The summed E-state index contributed by atoms with van der Waals surface area (Å²) in [5.41, 5.74) is 2.03. The minimum Gasteiger partial charge on any atom is -0.494 e. The molecule has 0 unspecified atom stereocenters. The number of nitro benzene ring substituents is 1. The van der Waals surface area contributed by atoms with Gasteiger partial charge >= 0.3 is 0 Å². The minimum absolute atomic E-state index is 0.109. The van der Waals surface area contributed by atoms with Gasteiger partial charge in [0.1, 0.15) is 5.75 Å². The van der Waals surface area contributed by atoms with Gasteiger partial charge < -0.3 is 19.9 Å². The third-order valence-electron chi connectivity index (χ3n) is 4.41. The Balaban J connectivity index is 1.52. The van der Waals surface area contributed by atoms with Gasteiger partial charge in [-0.25, -0.2) is 0 Å². The predicted octanol–water partition coefficient (Wildman–Crippen LogP) is 3.51. The van der Waals surface area contributed by atoms with Crippen molar-refractivity contribution in [2.24, 2.45) is 0 Å². The highest BCUT2D eigenvalue weighted by molar-refractivity contribution is 7.80. The second-order valence-corrected chi connectivity index (χ2v) is 6.52. The lowest BCUT2D eigenvalue weighted by Crippen LogP contribution is -2.50. The van der Waals surface area contributed by atoms with E-state index in [1.54, 1.807) is 24.3 Å². The van der Waals surface area contributed by atoms with Crippen LogP contribution in [0, 0.1) is 10.1 Å². The molecule has 0 spiro atoms. The largest absolute Gasteiger partial charge is 0.494 e. The highest BCUT2D eigenvalue weighted by atomic mass is 32.1. The normalized spacial score (nSPS) is 14.0. The quantitative estimate of drug-likeness (QED) is 0.479. The predicted molar refractivity (Wildman–Crippen MR) is 111 cm³/mol. The zero-order valence-corrected chi connectivity index (χ0v) is 15.9. The van der Waals surface area contributed by atoms with Crippen LogP contribution in [0.2, 0.25) is 0 Å². The second-order valence-electron chi connectivity index (χ2n) is 6.14. The van der Waals surface area contributed by atoms with Gasteiger partial charge in [0, 0.05) is 49.7 Å². The average Bonchev–Trinajstić information content (AvgIpc) is 2.70. The lowest BCUT2D eigenvalue weighted by atomic mass is 10.2. The molecule has 1 saturated heterocycles. The Hall–Kier alpha value is -2.87. The SMILES string of the molecule is CCOc1ccc(NC(=S)N2CCN(c3ccc([N+](=O)[O-])cc3)CC2)cc1. The molecule has 1 heterocycles. The summed E-state index contributed by atoms with van der Waals surface area (Å²) in [4.78, 5) is 14.7. The first kappa shape index (κ1) is 18.9. The van der Waals surface area contributed by atoms with Crippen LogP contribution in [0.15, 0.2) is 48.5 Å². The Bertz CT molecular complexity index is 788. The number of hydrogen-bond donors (Lipinski definition) is 1. The van der Waals surface area contributed by atoms with Crippen LogP contribution in [0.4, 0.5) is 17.1 Å². The molecular formula is C19H22N4O3S. The molecule has 0 radical (unpaired) electrons. The molecule has 0 saturated carbocycles. The highest BCUT2D eigenvalue weighted by Crippen LogP contribution is 2.21. The molecular weight excluding hydrogens is 364 g/mol. The van der Waals surface area contributed by atoms with E-state index in [4.69, 9.17) is 17.0 Å². The highest BCUT2D eigenvalue weighted by Gasteiger charge is 2.19. The minimum atomic E-state index is -0.382. The van der Waals surface area contributed by atoms with Crippen molar-refractivity contribution in [3.05, 3.63) is 58.6 Å². The summed E-state index contributed by atoms with van der Waals surface area (Å²) in [5.74, 6) is 0.839. The maximum absolute atomic E-state index is 10.8. The van der Waals surface area contributed by atoms with E-state index in [9.17, 15) is 10.1 Å². The van der Waals surface area contributed by atoms with Crippen molar-refractivity contribution in [3.63, 3.8) is 0 Å². The number of anilines is 2. The molecule has 7 nitrogen and oxygen atoms in total. The molecule has 1 fully saturated rings. The van der Waals surface area contributed by atoms with Gasteiger partial charge in [-0.1, -0.05) is 0 Å². The Labute approximate surface area is 163 Å². The van der Waals surface area contributed by atoms with E-state index in [-0.39, 0.29) is 10.6 Å². The number of piperazine rings is 1. The van der Waals surface area contributed by atoms with Gasteiger partial charge in [-0.2, -0.15) is 0 Å². The van der Waals surface area contributed by atoms with Gasteiger partial charge in [0.05, 0.1) is 11.5 Å². The molecule has 0 aromatic heterocycles. The lowest BCUT2D eigenvalue weighted by Gasteiger charge is -2.37. The summed E-state index contributed by atoms with van der Waals surface area (Å²) >= 11 is 5.53. The molecule has 0 amide bonds. The summed E-state index contributed by atoms with van der Waals surface area (Å²) < 4.78 is 5.44. The number of hydrogen-bond acceptors (Lipinski definition) is 5. The van der Waals surface area contributed by atoms with E-state index in [1.165, 1.54) is 0 Å². The van der Waals surface area contributed by atoms with Crippen LogP contribution in [0.25, 0.3) is 0 Å². The molecule has 0 aliphatic carbocycles. The molecule has 2 aromatic rings. The summed E-state index contributed by atoms with van der Waals surface area (Å²) in [6, 6.07) is 14.4. The fourth-order valence-electron chi connectivity index (χ4n) is 2.96. The van der Waals surface area contributed by atoms with E-state index >= 15 is 0 Å². The number of nitro groups is 1. The molecule has 2 aromatic carbocycles. The number of non-ortho nitro benzene ring substituents is 1. The summed E-state index contributed by atoms with van der Waals surface area (Å²) in [6.07, 6.45) is 0. The molecule has 1 aliphatic rings. The van der Waals surface area contributed by atoms with Crippen molar-refractivity contribution in [2.45, 2.75) is 6.92 Å². The maximum atomic E-state index is 10.8. The van der Waals surface area contributed by atoms with Crippen molar-refractivity contribution in [1.29, 1.82) is 0 Å². The van der Waals surface area contributed by atoms with Gasteiger partial charge in [0.15, 0.2) is 5.11 Å². The average molecular weight is 386 g/mol. The molecule has 0 bridgehead atoms. The molecule has 142 valence electrons. The van der Waals surface area contributed by atoms with E-state index in [0.29, 0.717) is 11.7 Å². The summed E-state index contributed by atoms with van der Waals surface area (Å²) in [6.45, 7) is 5.80. The van der Waals surface area contributed by atoms with Gasteiger partial charge in [-0.15, -0.1) is 0 Å². The number of nitrogens with one attached hydrogen (secondary N) is 1. The Morgan fingerprint density at radius 1 is 1.11 bits per heavy atom. The molecule has 3 rings (SSSR count).